The van der Waals surface area contributed by atoms with E-state index in [0.717, 1.165) is 5.56 Å². The van der Waals surface area contributed by atoms with Crippen molar-refractivity contribution < 1.29 is 14.3 Å². The lowest BCUT2D eigenvalue weighted by Gasteiger charge is -2.10. The molecule has 0 aromatic heterocycles. The van der Waals surface area contributed by atoms with Crippen LogP contribution in [0.2, 0.25) is 0 Å². The molecule has 0 aliphatic heterocycles. The average molecular weight is 257 g/mol. The van der Waals surface area contributed by atoms with Crippen molar-refractivity contribution in [3.63, 3.8) is 0 Å². The van der Waals surface area contributed by atoms with E-state index in [2.05, 4.69) is 0 Å². The summed E-state index contributed by atoms with van der Waals surface area (Å²) in [7, 11) is 0. The van der Waals surface area contributed by atoms with Crippen LogP contribution < -0.4 is 15.2 Å². The second-order valence-corrected chi connectivity index (χ2v) is 4.07. The van der Waals surface area contributed by atoms with Crippen LogP contribution in [-0.2, 0) is 11.4 Å². The molecule has 0 saturated carbocycles. The van der Waals surface area contributed by atoms with Gasteiger partial charge in [0.15, 0.2) is 0 Å². The number of nitrogen functional groups attached to an aromatic ring is 1. The third kappa shape index (κ3) is 3.74. The smallest absolute Gasteiger partial charge is 0.308 e. The molecule has 0 radical (unpaired) electrons. The summed E-state index contributed by atoms with van der Waals surface area (Å²) in [4.78, 5) is 10.8. The molecule has 0 heterocycles. The van der Waals surface area contributed by atoms with Gasteiger partial charge in [0.25, 0.3) is 0 Å². The van der Waals surface area contributed by atoms with Crippen LogP contribution in [0.25, 0.3) is 0 Å². The molecular weight excluding hydrogens is 242 g/mol. The Balaban J connectivity index is 2.03. The standard InChI is InChI=1S/C15H15NO3/c1-11(17)19-13-7-8-15(14(16)9-13)18-10-12-5-3-2-4-6-12/h2-9H,10,16H2,1H3. The summed E-state index contributed by atoms with van der Waals surface area (Å²) in [6, 6.07) is 14.7. The van der Waals surface area contributed by atoms with E-state index in [1.165, 1.54) is 6.92 Å². The molecule has 98 valence electrons. The third-order valence-electron chi connectivity index (χ3n) is 2.48. The Bertz CT molecular complexity index is 567. The van der Waals surface area contributed by atoms with E-state index in [0.29, 0.717) is 23.8 Å². The molecule has 2 N–H and O–H groups in total. The van der Waals surface area contributed by atoms with Gasteiger partial charge >= 0.3 is 5.97 Å². The number of benzene rings is 2. The van der Waals surface area contributed by atoms with Crippen LogP contribution in [0, 0.1) is 0 Å². The Morgan fingerprint density at radius 1 is 1.16 bits per heavy atom. The number of carbonyl (C=O) groups excluding carboxylic acids is 1. The van der Waals surface area contributed by atoms with Gasteiger partial charge in [-0.15, -0.1) is 0 Å². The predicted molar refractivity (Wildman–Crippen MR) is 72.9 cm³/mol. The van der Waals surface area contributed by atoms with Crippen molar-refractivity contribution in [1.29, 1.82) is 0 Å². The minimum absolute atomic E-state index is 0.377. The van der Waals surface area contributed by atoms with E-state index in [-0.39, 0.29) is 5.97 Å². The first-order valence-electron chi connectivity index (χ1n) is 5.90. The molecule has 0 atom stereocenters. The number of carbonyl (C=O) groups is 1. The van der Waals surface area contributed by atoms with Gasteiger partial charge in [-0.3, -0.25) is 4.79 Å². The van der Waals surface area contributed by atoms with Crippen LogP contribution in [0.4, 0.5) is 5.69 Å². The van der Waals surface area contributed by atoms with Gasteiger partial charge in [-0.1, -0.05) is 30.3 Å². The molecule has 0 fully saturated rings. The second-order valence-electron chi connectivity index (χ2n) is 4.07. The summed E-state index contributed by atoms with van der Waals surface area (Å²) in [5.74, 6) is 0.606. The first kappa shape index (κ1) is 13.0. The fourth-order valence-electron chi connectivity index (χ4n) is 1.62. The molecule has 2 aromatic rings. The zero-order valence-corrected chi connectivity index (χ0v) is 10.6. The Labute approximate surface area is 111 Å². The molecular formula is C15H15NO3. The molecule has 4 heteroatoms. The topological polar surface area (TPSA) is 61.5 Å². The van der Waals surface area contributed by atoms with Crippen molar-refractivity contribution in [2.75, 3.05) is 5.73 Å². The number of hydrogen-bond donors (Lipinski definition) is 1. The largest absolute Gasteiger partial charge is 0.487 e. The van der Waals surface area contributed by atoms with Crippen molar-refractivity contribution in [2.45, 2.75) is 13.5 Å². The molecule has 2 rings (SSSR count). The lowest BCUT2D eigenvalue weighted by atomic mass is 10.2. The fourth-order valence-corrected chi connectivity index (χ4v) is 1.62. The molecule has 0 amide bonds. The van der Waals surface area contributed by atoms with Gasteiger partial charge in [-0.2, -0.15) is 0 Å². The van der Waals surface area contributed by atoms with Crippen LogP contribution in [-0.4, -0.2) is 5.97 Å². The Morgan fingerprint density at radius 3 is 2.53 bits per heavy atom. The number of nitrogens with two attached hydrogens (primary N) is 1. The van der Waals surface area contributed by atoms with Gasteiger partial charge in [0.2, 0.25) is 0 Å². The molecule has 0 aliphatic carbocycles. The molecule has 4 nitrogen and oxygen atoms in total. The number of rotatable bonds is 4. The van der Waals surface area contributed by atoms with E-state index in [1.807, 2.05) is 30.3 Å². The maximum atomic E-state index is 10.8. The summed E-state index contributed by atoms with van der Waals surface area (Å²) in [6.45, 7) is 1.79. The molecule has 0 unspecified atom stereocenters. The minimum atomic E-state index is -0.377. The molecule has 0 bridgehead atoms. The van der Waals surface area contributed by atoms with Gasteiger partial charge in [-0.25, -0.2) is 0 Å². The van der Waals surface area contributed by atoms with Crippen molar-refractivity contribution in [3.8, 4) is 11.5 Å². The lowest BCUT2D eigenvalue weighted by molar-refractivity contribution is -0.131. The van der Waals surface area contributed by atoms with Crippen LogP contribution in [0.1, 0.15) is 12.5 Å². The van der Waals surface area contributed by atoms with Gasteiger partial charge in [0.1, 0.15) is 18.1 Å². The highest BCUT2D eigenvalue weighted by atomic mass is 16.5. The Hall–Kier alpha value is -2.49. The SMILES string of the molecule is CC(=O)Oc1ccc(OCc2ccccc2)c(N)c1. The minimum Gasteiger partial charge on any atom is -0.487 e. The average Bonchev–Trinajstić information content (AvgIpc) is 2.38. The van der Waals surface area contributed by atoms with Crippen LogP contribution in [0.15, 0.2) is 48.5 Å². The normalized spacial score (nSPS) is 9.95. The Morgan fingerprint density at radius 2 is 1.89 bits per heavy atom. The van der Waals surface area contributed by atoms with Crippen LogP contribution >= 0.6 is 0 Å². The first-order valence-corrected chi connectivity index (χ1v) is 5.90. The van der Waals surface area contributed by atoms with E-state index >= 15 is 0 Å². The molecule has 0 saturated heterocycles. The summed E-state index contributed by atoms with van der Waals surface area (Å²) in [6.07, 6.45) is 0. The van der Waals surface area contributed by atoms with Crippen molar-refractivity contribution >= 4 is 11.7 Å². The van der Waals surface area contributed by atoms with Crippen LogP contribution in [0.3, 0.4) is 0 Å². The van der Waals surface area contributed by atoms with Crippen molar-refractivity contribution in [1.82, 2.24) is 0 Å². The molecule has 19 heavy (non-hydrogen) atoms. The van der Waals surface area contributed by atoms with Gasteiger partial charge in [0.05, 0.1) is 5.69 Å². The lowest BCUT2D eigenvalue weighted by Crippen LogP contribution is -2.03. The maximum absolute atomic E-state index is 10.8. The highest BCUT2D eigenvalue weighted by Gasteiger charge is 2.05. The quantitative estimate of drug-likeness (QED) is 0.519. The van der Waals surface area contributed by atoms with Crippen molar-refractivity contribution in [2.24, 2.45) is 0 Å². The zero-order chi connectivity index (χ0) is 13.7. The number of ether oxygens (including phenoxy) is 2. The van der Waals surface area contributed by atoms with Crippen molar-refractivity contribution in [3.05, 3.63) is 54.1 Å². The Kier molecular flexibility index (Phi) is 4.03. The van der Waals surface area contributed by atoms with Gasteiger partial charge in [0, 0.05) is 13.0 Å². The zero-order valence-electron chi connectivity index (χ0n) is 10.6. The fraction of sp³-hybridized carbons (Fsp3) is 0.133. The number of anilines is 1. The van der Waals surface area contributed by atoms with E-state index in [4.69, 9.17) is 15.2 Å². The highest BCUT2D eigenvalue weighted by molar-refractivity contribution is 5.70. The monoisotopic (exact) mass is 257 g/mol. The highest BCUT2D eigenvalue weighted by Crippen LogP contribution is 2.27. The van der Waals surface area contributed by atoms with E-state index in [1.54, 1.807) is 18.2 Å². The molecule has 0 aliphatic rings. The first-order chi connectivity index (χ1) is 9.15. The van der Waals surface area contributed by atoms with Gasteiger partial charge in [-0.05, 0) is 17.7 Å². The van der Waals surface area contributed by atoms with E-state index in [9.17, 15) is 4.79 Å². The summed E-state index contributed by atoms with van der Waals surface area (Å²) < 4.78 is 10.6. The summed E-state index contributed by atoms with van der Waals surface area (Å²) in [5, 5.41) is 0. The summed E-state index contributed by atoms with van der Waals surface area (Å²) >= 11 is 0. The second kappa shape index (κ2) is 5.91. The molecule has 2 aromatic carbocycles. The van der Waals surface area contributed by atoms with E-state index < -0.39 is 0 Å². The third-order valence-corrected chi connectivity index (χ3v) is 2.48. The van der Waals surface area contributed by atoms with Crippen LogP contribution in [0.5, 0.6) is 11.5 Å². The predicted octanol–water partition coefficient (Wildman–Crippen LogP) is 2.77. The number of esters is 1. The summed E-state index contributed by atoms with van der Waals surface area (Å²) in [5.41, 5.74) is 7.35. The molecule has 0 spiro atoms. The van der Waals surface area contributed by atoms with Gasteiger partial charge < -0.3 is 15.2 Å². The maximum Gasteiger partial charge on any atom is 0.308 e. The number of hydrogen-bond acceptors (Lipinski definition) is 4.